The number of rotatable bonds is 26. The summed E-state index contributed by atoms with van der Waals surface area (Å²) in [6, 6.07) is 0. The van der Waals surface area contributed by atoms with Crippen LogP contribution in [0.25, 0.3) is 0 Å². The third kappa shape index (κ3) is 27.7. The van der Waals surface area contributed by atoms with Crippen LogP contribution in [0.4, 0.5) is 0 Å². The van der Waals surface area contributed by atoms with Crippen molar-refractivity contribution in [3.63, 3.8) is 0 Å². The van der Waals surface area contributed by atoms with E-state index in [9.17, 15) is 0 Å². The van der Waals surface area contributed by atoms with Gasteiger partial charge in [-0.15, -0.1) is 0 Å². The first-order valence-electron chi connectivity index (χ1n) is 14.4. The van der Waals surface area contributed by atoms with Crippen molar-refractivity contribution in [2.75, 3.05) is 0 Å². The van der Waals surface area contributed by atoms with Gasteiger partial charge < -0.3 is 0 Å². The highest BCUT2D eigenvalue weighted by Gasteiger charge is 1.95. The van der Waals surface area contributed by atoms with Crippen LogP contribution in [0.15, 0.2) is 12.2 Å². The highest BCUT2D eigenvalue weighted by Crippen LogP contribution is 2.15. The molecule has 30 heavy (non-hydrogen) atoms. The van der Waals surface area contributed by atoms with Gasteiger partial charge in [-0.1, -0.05) is 167 Å². The van der Waals surface area contributed by atoms with Crippen LogP contribution in [0.3, 0.4) is 0 Å². The summed E-state index contributed by atoms with van der Waals surface area (Å²) in [4.78, 5) is 0. The van der Waals surface area contributed by atoms with Gasteiger partial charge in [0.25, 0.3) is 0 Å². The zero-order valence-electron chi connectivity index (χ0n) is 21.2. The monoisotopic (exact) mass is 419 g/mol. The standard InChI is InChI=1S/C30H59/c1-3-5-7-9-11-13-15-17-19-21-23-25-27-29-30-28-26-24-22-20-18-16-14-12-10-8-6-4-2/h16,18H,1,3-15,17,19-30H2,2H3. The molecule has 0 N–H and O–H groups in total. The number of hydrogen-bond donors (Lipinski definition) is 0. The molecule has 0 nitrogen and oxygen atoms in total. The van der Waals surface area contributed by atoms with Crippen molar-refractivity contribution >= 4 is 0 Å². The first-order chi connectivity index (χ1) is 14.9. The van der Waals surface area contributed by atoms with E-state index in [1.54, 1.807) is 0 Å². The average Bonchev–Trinajstić information content (AvgIpc) is 2.76. The van der Waals surface area contributed by atoms with Crippen molar-refractivity contribution in [2.45, 2.75) is 174 Å². The Morgan fingerprint density at radius 2 is 0.633 bits per heavy atom. The molecular weight excluding hydrogens is 360 g/mol. The molecule has 0 saturated carbocycles. The lowest BCUT2D eigenvalue weighted by Gasteiger charge is -2.03. The van der Waals surface area contributed by atoms with E-state index in [1.165, 1.54) is 161 Å². The van der Waals surface area contributed by atoms with Gasteiger partial charge in [0.15, 0.2) is 0 Å². The van der Waals surface area contributed by atoms with Crippen LogP contribution < -0.4 is 0 Å². The van der Waals surface area contributed by atoms with E-state index >= 15 is 0 Å². The maximum absolute atomic E-state index is 3.92. The zero-order valence-corrected chi connectivity index (χ0v) is 21.2. The Balaban J connectivity index is 3.03. The Morgan fingerprint density at radius 1 is 0.367 bits per heavy atom. The Morgan fingerprint density at radius 3 is 0.933 bits per heavy atom. The molecule has 0 aliphatic carbocycles. The van der Waals surface area contributed by atoms with Gasteiger partial charge in [0.2, 0.25) is 0 Å². The summed E-state index contributed by atoms with van der Waals surface area (Å²) >= 11 is 0. The van der Waals surface area contributed by atoms with Crippen molar-refractivity contribution in [1.82, 2.24) is 0 Å². The third-order valence-electron chi connectivity index (χ3n) is 6.51. The number of hydrogen-bond acceptors (Lipinski definition) is 0. The topological polar surface area (TPSA) is 0 Å². The largest absolute Gasteiger partial charge is 0.0885 e. The predicted octanol–water partition coefficient (Wildman–Crippen LogP) is 11.5. The molecule has 0 aliphatic heterocycles. The molecule has 0 aromatic rings. The van der Waals surface area contributed by atoms with E-state index in [4.69, 9.17) is 0 Å². The summed E-state index contributed by atoms with van der Waals surface area (Å²) in [6.45, 7) is 6.21. The average molecular weight is 420 g/mol. The Bertz CT molecular complexity index is 303. The van der Waals surface area contributed by atoms with Crippen LogP contribution in [-0.2, 0) is 0 Å². The molecule has 1 radical (unpaired) electrons. The van der Waals surface area contributed by atoms with Gasteiger partial charge in [0.1, 0.15) is 0 Å². The summed E-state index contributed by atoms with van der Waals surface area (Å²) in [7, 11) is 0. The van der Waals surface area contributed by atoms with Gasteiger partial charge in [-0.05, 0) is 25.7 Å². The van der Waals surface area contributed by atoms with E-state index < -0.39 is 0 Å². The van der Waals surface area contributed by atoms with Crippen LogP contribution in [0, 0.1) is 6.92 Å². The molecule has 0 unspecified atom stereocenters. The van der Waals surface area contributed by atoms with Crippen molar-refractivity contribution in [1.29, 1.82) is 0 Å². The van der Waals surface area contributed by atoms with Crippen LogP contribution in [0.1, 0.15) is 174 Å². The van der Waals surface area contributed by atoms with E-state index in [-0.39, 0.29) is 0 Å². The molecule has 0 spiro atoms. The summed E-state index contributed by atoms with van der Waals surface area (Å²) in [5.74, 6) is 0. The Kier molecular flexibility index (Phi) is 28.5. The van der Waals surface area contributed by atoms with Crippen molar-refractivity contribution in [2.24, 2.45) is 0 Å². The molecule has 0 aliphatic rings. The number of allylic oxidation sites excluding steroid dienone is 2. The highest BCUT2D eigenvalue weighted by atomic mass is 14.0. The summed E-state index contributed by atoms with van der Waals surface area (Å²) in [6.07, 6.45) is 41.8. The first kappa shape index (κ1) is 29.7. The molecular formula is C30H59. The fraction of sp³-hybridized carbons (Fsp3) is 0.900. The predicted molar refractivity (Wildman–Crippen MR) is 140 cm³/mol. The van der Waals surface area contributed by atoms with Gasteiger partial charge >= 0.3 is 0 Å². The molecule has 0 heterocycles. The molecule has 0 amide bonds. The molecule has 0 fully saturated rings. The lowest BCUT2D eigenvalue weighted by atomic mass is 10.0. The van der Waals surface area contributed by atoms with E-state index in [1.807, 2.05) is 0 Å². The Hall–Kier alpha value is -0.260. The third-order valence-corrected chi connectivity index (χ3v) is 6.51. The molecule has 179 valence electrons. The minimum absolute atomic E-state index is 1.12. The van der Waals surface area contributed by atoms with Crippen LogP contribution in [0.2, 0.25) is 0 Å². The van der Waals surface area contributed by atoms with E-state index in [0.29, 0.717) is 0 Å². The van der Waals surface area contributed by atoms with Gasteiger partial charge in [-0.2, -0.15) is 0 Å². The second kappa shape index (κ2) is 28.7. The van der Waals surface area contributed by atoms with Crippen LogP contribution in [-0.4, -0.2) is 0 Å². The second-order valence-electron chi connectivity index (χ2n) is 9.68. The minimum Gasteiger partial charge on any atom is -0.0885 e. The maximum Gasteiger partial charge on any atom is -0.0351 e. The van der Waals surface area contributed by atoms with Crippen molar-refractivity contribution < 1.29 is 0 Å². The van der Waals surface area contributed by atoms with Gasteiger partial charge in [0.05, 0.1) is 0 Å². The molecule has 0 aromatic heterocycles. The summed E-state index contributed by atoms with van der Waals surface area (Å²) < 4.78 is 0. The zero-order chi connectivity index (χ0) is 21.8. The van der Waals surface area contributed by atoms with Crippen LogP contribution in [0.5, 0.6) is 0 Å². The molecule has 0 bridgehead atoms. The van der Waals surface area contributed by atoms with E-state index in [2.05, 4.69) is 26.0 Å². The fourth-order valence-corrected chi connectivity index (χ4v) is 4.37. The lowest BCUT2D eigenvalue weighted by molar-refractivity contribution is 0.524. The molecule has 0 atom stereocenters. The minimum atomic E-state index is 1.12. The quantitative estimate of drug-likeness (QED) is 0.0965. The number of unbranched alkanes of at least 4 members (excludes halogenated alkanes) is 24. The van der Waals surface area contributed by atoms with Gasteiger partial charge in [-0.25, -0.2) is 0 Å². The van der Waals surface area contributed by atoms with Gasteiger partial charge in [0, 0.05) is 0 Å². The highest BCUT2D eigenvalue weighted by molar-refractivity contribution is 4.81. The van der Waals surface area contributed by atoms with Gasteiger partial charge in [-0.3, -0.25) is 0 Å². The maximum atomic E-state index is 3.92. The molecule has 0 heteroatoms. The van der Waals surface area contributed by atoms with Crippen molar-refractivity contribution in [3.8, 4) is 0 Å². The fourth-order valence-electron chi connectivity index (χ4n) is 4.37. The second-order valence-corrected chi connectivity index (χ2v) is 9.68. The van der Waals surface area contributed by atoms with Crippen LogP contribution >= 0.6 is 0 Å². The normalized spacial score (nSPS) is 11.7. The summed E-state index contributed by atoms with van der Waals surface area (Å²) in [5.41, 5.74) is 0. The summed E-state index contributed by atoms with van der Waals surface area (Å²) in [5, 5.41) is 0. The lowest BCUT2D eigenvalue weighted by Crippen LogP contribution is -1.84. The molecule has 0 rings (SSSR count). The smallest absolute Gasteiger partial charge is 0.0351 e. The Labute approximate surface area is 193 Å². The molecule has 0 saturated heterocycles. The van der Waals surface area contributed by atoms with E-state index in [0.717, 1.165) is 6.42 Å². The SMILES string of the molecule is [CH2]CCCCCCCCCCCCCCCCCCCCC=CCCCCCCC. The first-order valence-corrected chi connectivity index (χ1v) is 14.4. The molecule has 0 aromatic carbocycles. The van der Waals surface area contributed by atoms with Crippen molar-refractivity contribution in [3.05, 3.63) is 19.1 Å².